The van der Waals surface area contributed by atoms with Crippen LogP contribution in [0.1, 0.15) is 6.42 Å². The molecule has 0 amide bonds. The molecule has 0 radical (unpaired) electrons. The minimum atomic E-state index is 0.852. The Morgan fingerprint density at radius 1 is 1.18 bits per heavy atom. The SMILES string of the molecule is Clc1ccccc1SCCCSc1nccs1. The van der Waals surface area contributed by atoms with Crippen LogP contribution in [0.15, 0.2) is 45.1 Å². The first-order valence-electron chi connectivity index (χ1n) is 5.26. The van der Waals surface area contributed by atoms with Crippen molar-refractivity contribution in [3.8, 4) is 0 Å². The molecule has 0 aliphatic carbocycles. The van der Waals surface area contributed by atoms with Gasteiger partial charge in [-0.3, -0.25) is 0 Å². The van der Waals surface area contributed by atoms with Crippen molar-refractivity contribution in [3.05, 3.63) is 40.9 Å². The van der Waals surface area contributed by atoms with Crippen molar-refractivity contribution in [3.63, 3.8) is 0 Å². The molecule has 0 bridgehead atoms. The summed E-state index contributed by atoms with van der Waals surface area (Å²) in [6.07, 6.45) is 3.02. The summed E-state index contributed by atoms with van der Waals surface area (Å²) < 4.78 is 1.16. The minimum absolute atomic E-state index is 0.852. The molecule has 17 heavy (non-hydrogen) atoms. The van der Waals surface area contributed by atoms with Gasteiger partial charge in [-0.25, -0.2) is 4.98 Å². The molecular formula is C12H12ClNS3. The first-order chi connectivity index (χ1) is 8.36. The number of rotatable bonds is 6. The highest BCUT2D eigenvalue weighted by Gasteiger charge is 2.00. The molecule has 0 atom stereocenters. The topological polar surface area (TPSA) is 12.9 Å². The lowest BCUT2D eigenvalue weighted by molar-refractivity contribution is 1.11. The van der Waals surface area contributed by atoms with E-state index in [1.165, 1.54) is 11.3 Å². The predicted octanol–water partition coefficient (Wildman–Crippen LogP) is 5.07. The number of halogens is 1. The Kier molecular flexibility index (Phi) is 5.71. The number of hydrogen-bond donors (Lipinski definition) is 0. The van der Waals surface area contributed by atoms with Crippen LogP contribution in [-0.2, 0) is 0 Å². The second-order valence-electron chi connectivity index (χ2n) is 3.28. The van der Waals surface area contributed by atoms with Crippen LogP contribution in [-0.4, -0.2) is 16.5 Å². The van der Waals surface area contributed by atoms with Gasteiger partial charge in [-0.1, -0.05) is 35.5 Å². The van der Waals surface area contributed by atoms with Gasteiger partial charge in [0, 0.05) is 22.2 Å². The van der Waals surface area contributed by atoms with E-state index >= 15 is 0 Å². The minimum Gasteiger partial charge on any atom is -0.238 e. The zero-order valence-electron chi connectivity index (χ0n) is 9.14. The lowest BCUT2D eigenvalue weighted by Crippen LogP contribution is -1.84. The summed E-state index contributed by atoms with van der Waals surface area (Å²) in [5.41, 5.74) is 0. The van der Waals surface area contributed by atoms with Crippen LogP contribution in [0.5, 0.6) is 0 Å². The van der Waals surface area contributed by atoms with Crippen molar-refractivity contribution in [2.45, 2.75) is 15.7 Å². The number of hydrogen-bond acceptors (Lipinski definition) is 4. The van der Waals surface area contributed by atoms with Gasteiger partial charge in [-0.05, 0) is 24.3 Å². The Labute approximate surface area is 119 Å². The molecular weight excluding hydrogens is 290 g/mol. The van der Waals surface area contributed by atoms with Crippen LogP contribution in [0.2, 0.25) is 5.02 Å². The normalized spacial score (nSPS) is 10.6. The Morgan fingerprint density at radius 3 is 2.76 bits per heavy atom. The van der Waals surface area contributed by atoms with Crippen LogP contribution in [0.4, 0.5) is 0 Å². The summed E-state index contributed by atoms with van der Waals surface area (Å²) >= 11 is 11.4. The van der Waals surface area contributed by atoms with Gasteiger partial charge >= 0.3 is 0 Å². The summed E-state index contributed by atoms with van der Waals surface area (Å²) in [6.45, 7) is 0. The maximum atomic E-state index is 6.08. The second kappa shape index (κ2) is 7.31. The highest BCUT2D eigenvalue weighted by atomic mass is 35.5. The predicted molar refractivity (Wildman–Crippen MR) is 79.6 cm³/mol. The molecule has 0 saturated carbocycles. The Hall–Kier alpha value is -0.160. The summed E-state index contributed by atoms with van der Waals surface area (Å²) in [6, 6.07) is 8.00. The van der Waals surface area contributed by atoms with E-state index in [0.717, 1.165) is 20.9 Å². The van der Waals surface area contributed by atoms with E-state index in [0.29, 0.717) is 0 Å². The molecule has 1 nitrogen and oxygen atoms in total. The van der Waals surface area contributed by atoms with E-state index in [-0.39, 0.29) is 0 Å². The van der Waals surface area contributed by atoms with Gasteiger partial charge in [0.05, 0.1) is 5.02 Å². The monoisotopic (exact) mass is 301 g/mol. The third-order valence-corrected chi connectivity index (χ3v) is 5.67. The van der Waals surface area contributed by atoms with Gasteiger partial charge in [0.15, 0.2) is 0 Å². The summed E-state index contributed by atoms with van der Waals surface area (Å²) in [7, 11) is 0. The molecule has 0 aliphatic heterocycles. The van der Waals surface area contributed by atoms with E-state index in [2.05, 4.69) is 11.1 Å². The average molecular weight is 302 g/mol. The lowest BCUT2D eigenvalue weighted by Gasteiger charge is -2.02. The summed E-state index contributed by atoms with van der Waals surface area (Å²) in [5, 5.41) is 2.87. The molecule has 1 aromatic carbocycles. The highest BCUT2D eigenvalue weighted by molar-refractivity contribution is 8.01. The van der Waals surface area contributed by atoms with Crippen LogP contribution in [0.25, 0.3) is 0 Å². The number of thiazole rings is 1. The fourth-order valence-electron chi connectivity index (χ4n) is 1.24. The van der Waals surface area contributed by atoms with Crippen molar-refractivity contribution in [1.29, 1.82) is 0 Å². The second-order valence-corrected chi connectivity index (χ2v) is 7.06. The van der Waals surface area contributed by atoms with Crippen LogP contribution >= 0.6 is 46.5 Å². The molecule has 0 unspecified atom stereocenters. The quantitative estimate of drug-likeness (QED) is 0.546. The molecule has 0 N–H and O–H groups in total. The van der Waals surface area contributed by atoms with Gasteiger partial charge in [-0.2, -0.15) is 0 Å². The summed E-state index contributed by atoms with van der Waals surface area (Å²) in [4.78, 5) is 5.41. The molecule has 0 spiro atoms. The molecule has 1 aromatic heterocycles. The van der Waals surface area contributed by atoms with E-state index in [4.69, 9.17) is 11.6 Å². The van der Waals surface area contributed by atoms with Crippen LogP contribution in [0, 0.1) is 0 Å². The Balaban J connectivity index is 1.65. The standard InChI is InChI=1S/C12H12ClNS3/c13-10-4-1-2-5-11(10)15-7-3-8-16-12-14-6-9-17-12/h1-2,4-6,9H,3,7-8H2. The molecule has 2 aromatic rings. The first kappa shape index (κ1) is 13.3. The van der Waals surface area contributed by atoms with E-state index < -0.39 is 0 Å². The van der Waals surface area contributed by atoms with Crippen LogP contribution in [0.3, 0.4) is 0 Å². The van der Waals surface area contributed by atoms with E-state index in [9.17, 15) is 0 Å². The molecule has 90 valence electrons. The smallest absolute Gasteiger partial charge is 0.149 e. The van der Waals surface area contributed by atoms with Crippen molar-refractivity contribution in [2.24, 2.45) is 0 Å². The molecule has 5 heteroatoms. The maximum absolute atomic E-state index is 6.08. The van der Waals surface area contributed by atoms with Gasteiger partial charge in [-0.15, -0.1) is 23.1 Å². The number of nitrogens with zero attached hydrogens (tertiary/aromatic N) is 1. The fourth-order valence-corrected chi connectivity index (χ4v) is 4.26. The van der Waals surface area contributed by atoms with E-state index in [1.807, 2.05) is 53.3 Å². The molecule has 2 rings (SSSR count). The average Bonchev–Trinajstić information content (AvgIpc) is 2.84. The molecule has 0 saturated heterocycles. The highest BCUT2D eigenvalue weighted by Crippen LogP contribution is 2.28. The largest absolute Gasteiger partial charge is 0.238 e. The van der Waals surface area contributed by atoms with Gasteiger partial charge in [0.1, 0.15) is 4.34 Å². The van der Waals surface area contributed by atoms with Gasteiger partial charge in [0.2, 0.25) is 0 Å². The number of benzene rings is 1. The number of thioether (sulfide) groups is 2. The third-order valence-electron chi connectivity index (χ3n) is 2.02. The van der Waals surface area contributed by atoms with Crippen molar-refractivity contribution >= 4 is 46.5 Å². The van der Waals surface area contributed by atoms with Crippen LogP contribution < -0.4 is 0 Å². The summed E-state index contributed by atoms with van der Waals surface area (Å²) in [5.74, 6) is 2.22. The van der Waals surface area contributed by atoms with Crippen molar-refractivity contribution in [2.75, 3.05) is 11.5 Å². The molecule has 0 fully saturated rings. The van der Waals surface area contributed by atoms with E-state index in [1.54, 1.807) is 11.3 Å². The van der Waals surface area contributed by atoms with Gasteiger partial charge in [0.25, 0.3) is 0 Å². The fraction of sp³-hybridized carbons (Fsp3) is 0.250. The molecule has 1 heterocycles. The molecule has 0 aliphatic rings. The number of aromatic nitrogens is 1. The Bertz CT molecular complexity index is 445. The maximum Gasteiger partial charge on any atom is 0.149 e. The van der Waals surface area contributed by atoms with Crippen molar-refractivity contribution in [1.82, 2.24) is 4.98 Å². The van der Waals surface area contributed by atoms with Crippen molar-refractivity contribution < 1.29 is 0 Å². The zero-order valence-corrected chi connectivity index (χ0v) is 12.3. The first-order valence-corrected chi connectivity index (χ1v) is 8.49. The lowest BCUT2D eigenvalue weighted by atomic mass is 10.4. The zero-order chi connectivity index (χ0) is 11.9. The third kappa shape index (κ3) is 4.54. The van der Waals surface area contributed by atoms with Gasteiger partial charge < -0.3 is 0 Å². The Morgan fingerprint density at radius 2 is 2.00 bits per heavy atom.